The minimum absolute atomic E-state index is 0.365. The van der Waals surface area contributed by atoms with Crippen molar-refractivity contribution in [2.24, 2.45) is 0 Å². The maximum atomic E-state index is 11.4. The topological polar surface area (TPSA) is 51.2 Å². The van der Waals surface area contributed by atoms with Gasteiger partial charge in [-0.2, -0.15) is 0 Å². The molecule has 0 atom stereocenters. The second-order valence-electron chi connectivity index (χ2n) is 3.96. The van der Waals surface area contributed by atoms with Crippen LogP contribution in [0.5, 0.6) is 0 Å². The fourth-order valence-corrected chi connectivity index (χ4v) is 2.34. The number of hydrogen-bond acceptors (Lipinski definition) is 4. The smallest absolute Gasteiger partial charge is 0.407 e. The number of benzene rings is 1. The van der Waals surface area contributed by atoms with Crippen molar-refractivity contribution in [2.45, 2.75) is 26.3 Å². The normalized spacial score (nSPS) is 10.5. The fraction of sp³-hybridized carbons (Fsp3) is 0.385. The number of thiazole rings is 1. The third-order valence-corrected chi connectivity index (χ3v) is 3.39. The number of nitrogens with one attached hydrogen (secondary N) is 1. The van der Waals surface area contributed by atoms with Crippen molar-refractivity contribution in [3.8, 4) is 0 Å². The highest BCUT2D eigenvalue weighted by Gasteiger charge is 2.06. The molecule has 0 aliphatic carbocycles. The van der Waals surface area contributed by atoms with Crippen molar-refractivity contribution < 1.29 is 9.53 Å². The molecular formula is C13H16N2O2S. The zero-order valence-electron chi connectivity index (χ0n) is 10.3. The molecule has 0 aliphatic heterocycles. The molecule has 1 amide bonds. The fourth-order valence-electron chi connectivity index (χ4n) is 1.62. The van der Waals surface area contributed by atoms with Crippen molar-refractivity contribution >= 4 is 27.6 Å². The van der Waals surface area contributed by atoms with Gasteiger partial charge in [0.05, 0.1) is 22.3 Å². The maximum absolute atomic E-state index is 11.4. The zero-order valence-corrected chi connectivity index (χ0v) is 11.1. The number of fused-ring (bicyclic) bond motifs is 1. The van der Waals surface area contributed by atoms with Gasteiger partial charge in [0.25, 0.3) is 0 Å². The van der Waals surface area contributed by atoms with Gasteiger partial charge >= 0.3 is 6.09 Å². The largest absolute Gasteiger partial charge is 0.450 e. The standard InChI is InChI=1S/C13H16N2O2S/c1-2-3-7-17-13(16)14-8-10-5-4-6-11-12(10)15-9-18-11/h4-6,9H,2-3,7-8H2,1H3,(H,14,16). The quantitative estimate of drug-likeness (QED) is 0.843. The SMILES string of the molecule is CCCCOC(=O)NCc1cccc2scnc12. The highest BCUT2D eigenvalue weighted by molar-refractivity contribution is 7.16. The molecule has 2 aromatic rings. The van der Waals surface area contributed by atoms with Crippen LogP contribution in [-0.2, 0) is 11.3 Å². The molecule has 0 saturated heterocycles. The van der Waals surface area contributed by atoms with Crippen LogP contribution >= 0.6 is 11.3 Å². The molecule has 1 heterocycles. The third-order valence-electron chi connectivity index (χ3n) is 2.60. The van der Waals surface area contributed by atoms with Crippen LogP contribution in [0.25, 0.3) is 10.2 Å². The molecule has 1 N–H and O–H groups in total. The molecular weight excluding hydrogens is 248 g/mol. The molecule has 0 radical (unpaired) electrons. The number of rotatable bonds is 5. The Bertz CT molecular complexity index is 524. The minimum Gasteiger partial charge on any atom is -0.450 e. The van der Waals surface area contributed by atoms with E-state index >= 15 is 0 Å². The van der Waals surface area contributed by atoms with Gasteiger partial charge in [0.1, 0.15) is 0 Å². The Labute approximate surface area is 110 Å². The Morgan fingerprint density at radius 2 is 2.39 bits per heavy atom. The van der Waals surface area contributed by atoms with Crippen LogP contribution in [0.15, 0.2) is 23.7 Å². The second-order valence-corrected chi connectivity index (χ2v) is 4.85. The third kappa shape index (κ3) is 3.20. The predicted octanol–water partition coefficient (Wildman–Crippen LogP) is 3.32. The number of ether oxygens (including phenoxy) is 1. The molecule has 0 saturated carbocycles. The Morgan fingerprint density at radius 1 is 1.50 bits per heavy atom. The highest BCUT2D eigenvalue weighted by Crippen LogP contribution is 2.20. The lowest BCUT2D eigenvalue weighted by atomic mass is 10.2. The van der Waals surface area contributed by atoms with Crippen molar-refractivity contribution in [1.29, 1.82) is 0 Å². The van der Waals surface area contributed by atoms with Crippen LogP contribution in [0.3, 0.4) is 0 Å². The Balaban J connectivity index is 1.90. The molecule has 1 aromatic heterocycles. The highest BCUT2D eigenvalue weighted by atomic mass is 32.1. The molecule has 0 spiro atoms. The molecule has 2 rings (SSSR count). The van der Waals surface area contributed by atoms with Gasteiger partial charge in [-0.05, 0) is 18.1 Å². The molecule has 0 unspecified atom stereocenters. The minimum atomic E-state index is -0.365. The van der Waals surface area contributed by atoms with E-state index in [0.29, 0.717) is 13.2 Å². The summed E-state index contributed by atoms with van der Waals surface area (Å²) in [5.74, 6) is 0. The summed E-state index contributed by atoms with van der Waals surface area (Å²) in [7, 11) is 0. The molecule has 0 bridgehead atoms. The lowest BCUT2D eigenvalue weighted by Crippen LogP contribution is -2.24. The van der Waals surface area contributed by atoms with E-state index in [1.807, 2.05) is 23.7 Å². The van der Waals surface area contributed by atoms with E-state index in [0.717, 1.165) is 28.6 Å². The lowest BCUT2D eigenvalue weighted by molar-refractivity contribution is 0.144. The van der Waals surface area contributed by atoms with Gasteiger partial charge in [-0.15, -0.1) is 11.3 Å². The van der Waals surface area contributed by atoms with Crippen LogP contribution < -0.4 is 5.32 Å². The maximum Gasteiger partial charge on any atom is 0.407 e. The van der Waals surface area contributed by atoms with Gasteiger partial charge in [-0.3, -0.25) is 0 Å². The Morgan fingerprint density at radius 3 is 3.22 bits per heavy atom. The first-order valence-electron chi connectivity index (χ1n) is 6.03. The van der Waals surface area contributed by atoms with Crippen molar-refractivity contribution in [3.63, 3.8) is 0 Å². The predicted molar refractivity (Wildman–Crippen MR) is 72.7 cm³/mol. The first-order valence-corrected chi connectivity index (χ1v) is 6.91. The molecule has 18 heavy (non-hydrogen) atoms. The lowest BCUT2D eigenvalue weighted by Gasteiger charge is -2.06. The number of para-hydroxylation sites is 1. The summed E-state index contributed by atoms with van der Waals surface area (Å²) in [6.07, 6.45) is 1.55. The molecule has 1 aromatic carbocycles. The Hall–Kier alpha value is -1.62. The summed E-state index contributed by atoms with van der Waals surface area (Å²) in [5.41, 5.74) is 3.78. The molecule has 0 aliphatic rings. The number of amides is 1. The summed E-state index contributed by atoms with van der Waals surface area (Å²) in [6, 6.07) is 5.96. The Kier molecular flexibility index (Phi) is 4.52. The first kappa shape index (κ1) is 12.8. The van der Waals surface area contributed by atoms with Gasteiger partial charge in [0, 0.05) is 6.54 Å². The molecule has 4 nitrogen and oxygen atoms in total. The summed E-state index contributed by atoms with van der Waals surface area (Å²) < 4.78 is 6.16. The number of aromatic nitrogens is 1. The van der Waals surface area contributed by atoms with E-state index in [1.54, 1.807) is 11.3 Å². The van der Waals surface area contributed by atoms with Crippen molar-refractivity contribution in [3.05, 3.63) is 29.3 Å². The molecule has 5 heteroatoms. The van der Waals surface area contributed by atoms with E-state index in [4.69, 9.17) is 4.74 Å². The van der Waals surface area contributed by atoms with Crippen LogP contribution in [0.4, 0.5) is 4.79 Å². The van der Waals surface area contributed by atoms with Gasteiger partial charge in [-0.1, -0.05) is 25.5 Å². The average Bonchev–Trinajstić information content (AvgIpc) is 2.85. The van der Waals surface area contributed by atoms with Crippen LogP contribution in [-0.4, -0.2) is 17.7 Å². The van der Waals surface area contributed by atoms with E-state index in [-0.39, 0.29) is 6.09 Å². The van der Waals surface area contributed by atoms with Gasteiger partial charge in [0.15, 0.2) is 0 Å². The van der Waals surface area contributed by atoms with E-state index in [9.17, 15) is 4.79 Å². The number of carbonyl (C=O) groups is 1. The zero-order chi connectivity index (χ0) is 12.8. The number of nitrogens with zero attached hydrogens (tertiary/aromatic N) is 1. The van der Waals surface area contributed by atoms with Gasteiger partial charge in [-0.25, -0.2) is 9.78 Å². The average molecular weight is 264 g/mol. The van der Waals surface area contributed by atoms with E-state index in [2.05, 4.69) is 17.2 Å². The van der Waals surface area contributed by atoms with Crippen LogP contribution in [0.1, 0.15) is 25.3 Å². The number of unbranched alkanes of at least 4 members (excludes halogenated alkanes) is 1. The molecule has 0 fully saturated rings. The van der Waals surface area contributed by atoms with E-state index in [1.165, 1.54) is 0 Å². The van der Waals surface area contributed by atoms with Crippen LogP contribution in [0.2, 0.25) is 0 Å². The summed E-state index contributed by atoms with van der Waals surface area (Å²) >= 11 is 1.60. The molecule has 96 valence electrons. The number of carbonyl (C=O) groups excluding carboxylic acids is 1. The summed E-state index contributed by atoms with van der Waals surface area (Å²) in [4.78, 5) is 15.7. The van der Waals surface area contributed by atoms with Crippen molar-refractivity contribution in [2.75, 3.05) is 6.61 Å². The van der Waals surface area contributed by atoms with Gasteiger partial charge in [0.2, 0.25) is 0 Å². The van der Waals surface area contributed by atoms with Crippen LogP contribution in [0, 0.1) is 0 Å². The van der Waals surface area contributed by atoms with Crippen molar-refractivity contribution in [1.82, 2.24) is 10.3 Å². The monoisotopic (exact) mass is 264 g/mol. The number of alkyl carbamates (subject to hydrolysis) is 1. The summed E-state index contributed by atoms with van der Waals surface area (Å²) in [6.45, 7) is 2.99. The summed E-state index contributed by atoms with van der Waals surface area (Å²) in [5, 5.41) is 2.74. The number of hydrogen-bond donors (Lipinski definition) is 1. The van der Waals surface area contributed by atoms with E-state index < -0.39 is 0 Å². The van der Waals surface area contributed by atoms with Gasteiger partial charge < -0.3 is 10.1 Å². The first-order chi connectivity index (χ1) is 8.81. The second kappa shape index (κ2) is 6.35.